The van der Waals surface area contributed by atoms with Gasteiger partial charge in [0.2, 0.25) is 0 Å². The highest BCUT2D eigenvalue weighted by Crippen LogP contribution is 2.37. The number of ether oxygens (including phenoxy) is 2. The number of carbonyl (C=O) groups excluding carboxylic acids is 1. The van der Waals surface area contributed by atoms with Crippen molar-refractivity contribution in [3.8, 4) is 23.6 Å². The molecule has 2 aromatic rings. The highest BCUT2D eigenvalue weighted by molar-refractivity contribution is 9.10. The van der Waals surface area contributed by atoms with E-state index in [2.05, 4.69) is 28.2 Å². The Morgan fingerprint density at radius 2 is 1.90 bits per heavy atom. The van der Waals surface area contributed by atoms with Crippen molar-refractivity contribution < 1.29 is 14.3 Å². The highest BCUT2D eigenvalue weighted by Gasteiger charge is 2.14. The van der Waals surface area contributed by atoms with Gasteiger partial charge in [0.15, 0.2) is 18.1 Å². The molecule has 0 saturated carbocycles. The Bertz CT molecular complexity index is 986. The Balaban J connectivity index is 2.29. The maximum Gasteiger partial charge on any atom is 0.266 e. The standard InChI is InChI=1S/C22H20BrN3O3/c1-3-15-5-7-18(8-6-15)26-22(27)17(14-25)11-16-12-19(23)21(29-10-9-24)20(13-16)28-4-2/h5-8,11-13H,3-4,10H2,1-2H3,(H,26,27)/b17-11+. The van der Waals surface area contributed by atoms with Gasteiger partial charge in [-0.05, 0) is 70.7 Å². The minimum absolute atomic E-state index is 0.0513. The number of benzene rings is 2. The number of aryl methyl sites for hydroxylation is 1. The molecule has 0 aliphatic carbocycles. The second-order valence-corrected chi connectivity index (χ2v) is 6.74. The van der Waals surface area contributed by atoms with E-state index in [4.69, 9.17) is 14.7 Å². The molecule has 0 aromatic heterocycles. The van der Waals surface area contributed by atoms with Gasteiger partial charge in [-0.15, -0.1) is 0 Å². The SMILES string of the molecule is CCOc1cc(/C=C(\C#N)C(=O)Nc2ccc(CC)cc2)cc(Br)c1OCC#N. The molecule has 0 aliphatic rings. The van der Waals surface area contributed by atoms with Gasteiger partial charge in [-0.2, -0.15) is 10.5 Å². The van der Waals surface area contributed by atoms with Crippen LogP contribution in [0.1, 0.15) is 25.0 Å². The molecule has 7 heteroatoms. The molecular formula is C22H20BrN3O3. The number of hydrogen-bond donors (Lipinski definition) is 1. The van der Waals surface area contributed by atoms with Crippen molar-refractivity contribution in [2.24, 2.45) is 0 Å². The molecule has 0 unspecified atom stereocenters. The van der Waals surface area contributed by atoms with Crippen molar-refractivity contribution >= 4 is 33.6 Å². The summed E-state index contributed by atoms with van der Waals surface area (Å²) in [7, 11) is 0. The van der Waals surface area contributed by atoms with Crippen LogP contribution in [0.15, 0.2) is 46.4 Å². The molecule has 0 bridgehead atoms. The lowest BCUT2D eigenvalue weighted by Gasteiger charge is -2.13. The van der Waals surface area contributed by atoms with Crippen molar-refractivity contribution in [3.05, 3.63) is 57.6 Å². The van der Waals surface area contributed by atoms with E-state index in [1.54, 1.807) is 24.3 Å². The van der Waals surface area contributed by atoms with E-state index in [9.17, 15) is 10.1 Å². The number of nitriles is 2. The van der Waals surface area contributed by atoms with Crippen molar-refractivity contribution in [1.82, 2.24) is 0 Å². The predicted molar refractivity (Wildman–Crippen MR) is 114 cm³/mol. The Kier molecular flexibility index (Phi) is 8.27. The Labute approximate surface area is 178 Å². The monoisotopic (exact) mass is 453 g/mol. The third-order valence-electron chi connectivity index (χ3n) is 3.91. The van der Waals surface area contributed by atoms with Gasteiger partial charge in [-0.1, -0.05) is 19.1 Å². The first-order valence-corrected chi connectivity index (χ1v) is 9.79. The summed E-state index contributed by atoms with van der Waals surface area (Å²) >= 11 is 3.39. The molecule has 0 fully saturated rings. The van der Waals surface area contributed by atoms with Gasteiger partial charge in [0, 0.05) is 5.69 Å². The van der Waals surface area contributed by atoms with Crippen molar-refractivity contribution in [2.45, 2.75) is 20.3 Å². The van der Waals surface area contributed by atoms with Crippen molar-refractivity contribution in [3.63, 3.8) is 0 Å². The summed E-state index contributed by atoms with van der Waals surface area (Å²) in [5.41, 5.74) is 2.30. The van der Waals surface area contributed by atoms with Crippen LogP contribution in [-0.2, 0) is 11.2 Å². The van der Waals surface area contributed by atoms with Crippen LogP contribution in [0, 0.1) is 22.7 Å². The quantitative estimate of drug-likeness (QED) is 0.454. The summed E-state index contributed by atoms with van der Waals surface area (Å²) in [6, 6.07) is 14.6. The van der Waals surface area contributed by atoms with Gasteiger partial charge in [-0.25, -0.2) is 0 Å². The number of rotatable bonds is 8. The first kappa shape index (κ1) is 22.0. The van der Waals surface area contributed by atoms with Crippen LogP contribution >= 0.6 is 15.9 Å². The molecular weight excluding hydrogens is 434 g/mol. The van der Waals surface area contributed by atoms with E-state index in [-0.39, 0.29) is 12.2 Å². The number of halogens is 1. The van der Waals surface area contributed by atoms with Gasteiger partial charge in [0.25, 0.3) is 5.91 Å². The zero-order chi connectivity index (χ0) is 21.2. The molecule has 0 atom stereocenters. The lowest BCUT2D eigenvalue weighted by atomic mass is 10.1. The average molecular weight is 454 g/mol. The molecule has 0 saturated heterocycles. The Morgan fingerprint density at radius 3 is 2.48 bits per heavy atom. The largest absolute Gasteiger partial charge is 0.490 e. The second-order valence-electron chi connectivity index (χ2n) is 5.88. The fraction of sp³-hybridized carbons (Fsp3) is 0.227. The first-order chi connectivity index (χ1) is 14.0. The number of carbonyl (C=O) groups is 1. The smallest absolute Gasteiger partial charge is 0.266 e. The molecule has 1 amide bonds. The molecule has 2 rings (SSSR count). The minimum atomic E-state index is -0.504. The Morgan fingerprint density at radius 1 is 1.17 bits per heavy atom. The second kappa shape index (κ2) is 10.9. The van der Waals surface area contributed by atoms with Crippen LogP contribution in [0.25, 0.3) is 6.08 Å². The van der Waals surface area contributed by atoms with Gasteiger partial charge in [-0.3, -0.25) is 4.79 Å². The van der Waals surface area contributed by atoms with E-state index >= 15 is 0 Å². The molecule has 148 valence electrons. The fourth-order valence-corrected chi connectivity index (χ4v) is 3.09. The van der Waals surface area contributed by atoms with Crippen LogP contribution in [0.5, 0.6) is 11.5 Å². The third kappa shape index (κ3) is 6.10. The number of hydrogen-bond acceptors (Lipinski definition) is 5. The Hall–Kier alpha value is -3.29. The number of nitrogens with one attached hydrogen (secondary N) is 1. The van der Waals surface area contributed by atoms with E-state index in [0.717, 1.165) is 12.0 Å². The van der Waals surface area contributed by atoms with Crippen LogP contribution in [0.3, 0.4) is 0 Å². The van der Waals surface area contributed by atoms with Crippen LogP contribution < -0.4 is 14.8 Å². The van der Waals surface area contributed by atoms with Gasteiger partial charge < -0.3 is 14.8 Å². The summed E-state index contributed by atoms with van der Waals surface area (Å²) in [5, 5.41) is 20.9. The summed E-state index contributed by atoms with van der Waals surface area (Å²) in [5.74, 6) is 0.302. The molecule has 6 nitrogen and oxygen atoms in total. The van der Waals surface area contributed by atoms with Crippen LogP contribution in [-0.4, -0.2) is 19.1 Å². The van der Waals surface area contributed by atoms with E-state index < -0.39 is 5.91 Å². The summed E-state index contributed by atoms with van der Waals surface area (Å²) < 4.78 is 11.5. The summed E-state index contributed by atoms with van der Waals surface area (Å²) in [4.78, 5) is 12.5. The molecule has 0 radical (unpaired) electrons. The number of amides is 1. The summed E-state index contributed by atoms with van der Waals surface area (Å²) in [6.45, 7) is 4.14. The lowest BCUT2D eigenvalue weighted by Crippen LogP contribution is -2.13. The molecule has 0 spiro atoms. The predicted octanol–water partition coefficient (Wildman–Crippen LogP) is 4.86. The van der Waals surface area contributed by atoms with E-state index in [1.807, 2.05) is 31.2 Å². The highest BCUT2D eigenvalue weighted by atomic mass is 79.9. The molecule has 2 aromatic carbocycles. The normalized spacial score (nSPS) is 10.6. The zero-order valence-corrected chi connectivity index (χ0v) is 17.7. The zero-order valence-electron chi connectivity index (χ0n) is 16.2. The minimum Gasteiger partial charge on any atom is -0.490 e. The maximum atomic E-state index is 12.5. The van der Waals surface area contributed by atoms with Crippen molar-refractivity contribution in [2.75, 3.05) is 18.5 Å². The van der Waals surface area contributed by atoms with Gasteiger partial charge in [0.05, 0.1) is 11.1 Å². The first-order valence-electron chi connectivity index (χ1n) is 9.00. The molecule has 1 N–H and O–H groups in total. The maximum absolute atomic E-state index is 12.5. The fourth-order valence-electron chi connectivity index (χ4n) is 2.52. The number of nitrogens with zero attached hydrogens (tertiary/aromatic N) is 2. The van der Waals surface area contributed by atoms with Gasteiger partial charge in [0.1, 0.15) is 17.7 Å². The molecule has 0 aliphatic heterocycles. The van der Waals surface area contributed by atoms with Gasteiger partial charge >= 0.3 is 0 Å². The third-order valence-corrected chi connectivity index (χ3v) is 4.50. The average Bonchev–Trinajstić information content (AvgIpc) is 2.72. The van der Waals surface area contributed by atoms with Crippen LogP contribution in [0.4, 0.5) is 5.69 Å². The van der Waals surface area contributed by atoms with Crippen molar-refractivity contribution in [1.29, 1.82) is 10.5 Å². The summed E-state index contributed by atoms with van der Waals surface area (Å²) in [6.07, 6.45) is 2.37. The lowest BCUT2D eigenvalue weighted by molar-refractivity contribution is -0.112. The molecule has 0 heterocycles. The van der Waals surface area contributed by atoms with Crippen LogP contribution in [0.2, 0.25) is 0 Å². The molecule has 29 heavy (non-hydrogen) atoms. The topological polar surface area (TPSA) is 95.1 Å². The number of anilines is 1. The van der Waals surface area contributed by atoms with E-state index in [1.165, 1.54) is 6.08 Å². The van der Waals surface area contributed by atoms with E-state index in [0.29, 0.717) is 33.8 Å².